The molecule has 0 aliphatic heterocycles. The third-order valence-corrected chi connectivity index (χ3v) is 4.01. The Balaban J connectivity index is 1.91. The molecular formula is C17H28N2. The standard InChI is InChI=1S/C17H28N2/c1-3-4-8-13-19(2)17(14-18-16-11-12-16)15-9-6-5-7-10-15/h5-7,9-10,16-18H,3-4,8,11-14H2,1-2H3. The summed E-state index contributed by atoms with van der Waals surface area (Å²) in [6, 6.07) is 12.2. The highest BCUT2D eigenvalue weighted by Gasteiger charge is 2.23. The maximum absolute atomic E-state index is 3.68. The lowest BCUT2D eigenvalue weighted by molar-refractivity contribution is 0.233. The normalized spacial score (nSPS) is 16.8. The van der Waals surface area contributed by atoms with Gasteiger partial charge >= 0.3 is 0 Å². The highest BCUT2D eigenvalue weighted by Crippen LogP contribution is 2.23. The fourth-order valence-corrected chi connectivity index (χ4v) is 2.54. The van der Waals surface area contributed by atoms with E-state index in [1.54, 1.807) is 0 Å². The molecular weight excluding hydrogens is 232 g/mol. The first-order valence-electron chi connectivity index (χ1n) is 7.80. The predicted molar refractivity (Wildman–Crippen MR) is 82.4 cm³/mol. The Kier molecular flexibility index (Phi) is 5.87. The molecule has 1 aromatic rings. The molecule has 1 N–H and O–H groups in total. The van der Waals surface area contributed by atoms with Gasteiger partial charge in [-0.05, 0) is 38.4 Å². The van der Waals surface area contributed by atoms with Crippen LogP contribution in [0.25, 0.3) is 0 Å². The molecule has 1 saturated carbocycles. The molecule has 1 unspecified atom stereocenters. The summed E-state index contributed by atoms with van der Waals surface area (Å²) in [5.74, 6) is 0. The zero-order valence-electron chi connectivity index (χ0n) is 12.4. The highest BCUT2D eigenvalue weighted by atomic mass is 15.2. The first-order valence-corrected chi connectivity index (χ1v) is 7.80. The molecule has 19 heavy (non-hydrogen) atoms. The molecule has 1 aliphatic rings. The van der Waals surface area contributed by atoms with E-state index in [1.807, 2.05) is 0 Å². The van der Waals surface area contributed by atoms with E-state index in [4.69, 9.17) is 0 Å². The number of benzene rings is 1. The fourth-order valence-electron chi connectivity index (χ4n) is 2.54. The quantitative estimate of drug-likeness (QED) is 0.682. The van der Waals surface area contributed by atoms with Crippen LogP contribution in [0.1, 0.15) is 50.6 Å². The van der Waals surface area contributed by atoms with Gasteiger partial charge in [-0.25, -0.2) is 0 Å². The number of hydrogen-bond acceptors (Lipinski definition) is 2. The maximum Gasteiger partial charge on any atom is 0.0469 e. The van der Waals surface area contributed by atoms with Gasteiger partial charge in [0, 0.05) is 18.6 Å². The summed E-state index contributed by atoms with van der Waals surface area (Å²) in [4.78, 5) is 2.51. The van der Waals surface area contributed by atoms with Crippen molar-refractivity contribution in [3.63, 3.8) is 0 Å². The molecule has 0 heterocycles. The minimum absolute atomic E-state index is 0.513. The van der Waals surface area contributed by atoms with E-state index in [9.17, 15) is 0 Å². The first-order chi connectivity index (χ1) is 9.31. The zero-order valence-corrected chi connectivity index (χ0v) is 12.4. The SMILES string of the molecule is CCCCCN(C)C(CNC1CC1)c1ccccc1. The van der Waals surface area contributed by atoms with Crippen molar-refractivity contribution in [2.45, 2.75) is 51.1 Å². The van der Waals surface area contributed by atoms with E-state index in [0.29, 0.717) is 6.04 Å². The van der Waals surface area contributed by atoms with Gasteiger partial charge in [-0.3, -0.25) is 4.90 Å². The van der Waals surface area contributed by atoms with Crippen molar-refractivity contribution in [3.05, 3.63) is 35.9 Å². The third-order valence-electron chi connectivity index (χ3n) is 4.01. The smallest absolute Gasteiger partial charge is 0.0469 e. The summed E-state index contributed by atoms with van der Waals surface area (Å²) >= 11 is 0. The Morgan fingerprint density at radius 2 is 1.95 bits per heavy atom. The second-order valence-corrected chi connectivity index (χ2v) is 5.80. The minimum atomic E-state index is 0.513. The van der Waals surface area contributed by atoms with Gasteiger partial charge in [0.15, 0.2) is 0 Å². The minimum Gasteiger partial charge on any atom is -0.312 e. The average Bonchev–Trinajstić information content (AvgIpc) is 3.25. The van der Waals surface area contributed by atoms with Gasteiger partial charge in [-0.1, -0.05) is 50.1 Å². The lowest BCUT2D eigenvalue weighted by Gasteiger charge is -2.29. The van der Waals surface area contributed by atoms with Crippen LogP contribution in [0.5, 0.6) is 0 Å². The first kappa shape index (κ1) is 14.5. The van der Waals surface area contributed by atoms with Crippen LogP contribution in [0.4, 0.5) is 0 Å². The summed E-state index contributed by atoms with van der Waals surface area (Å²) in [6.07, 6.45) is 6.66. The maximum atomic E-state index is 3.68. The number of nitrogens with zero attached hydrogens (tertiary/aromatic N) is 1. The number of unbranched alkanes of at least 4 members (excludes halogenated alkanes) is 2. The predicted octanol–water partition coefficient (Wildman–Crippen LogP) is 3.60. The van der Waals surface area contributed by atoms with Crippen LogP contribution in [0, 0.1) is 0 Å². The Labute approximate surface area is 118 Å². The van der Waals surface area contributed by atoms with Gasteiger partial charge in [-0.15, -0.1) is 0 Å². The summed E-state index contributed by atoms with van der Waals surface area (Å²) in [6.45, 7) is 4.54. The molecule has 1 aromatic carbocycles. The molecule has 1 fully saturated rings. The molecule has 2 heteroatoms. The van der Waals surface area contributed by atoms with Gasteiger partial charge in [0.25, 0.3) is 0 Å². The molecule has 0 spiro atoms. The highest BCUT2D eigenvalue weighted by molar-refractivity contribution is 5.19. The number of rotatable bonds is 9. The van der Waals surface area contributed by atoms with Crippen molar-refractivity contribution in [2.24, 2.45) is 0 Å². The second-order valence-electron chi connectivity index (χ2n) is 5.80. The van der Waals surface area contributed by atoms with Crippen LogP contribution in [0.2, 0.25) is 0 Å². The second kappa shape index (κ2) is 7.66. The topological polar surface area (TPSA) is 15.3 Å². The van der Waals surface area contributed by atoms with E-state index in [-0.39, 0.29) is 0 Å². The molecule has 106 valence electrons. The monoisotopic (exact) mass is 260 g/mol. The van der Waals surface area contributed by atoms with Gasteiger partial charge in [0.05, 0.1) is 0 Å². The Bertz CT molecular complexity index is 346. The van der Waals surface area contributed by atoms with Crippen LogP contribution >= 0.6 is 0 Å². The molecule has 2 rings (SSSR count). The van der Waals surface area contributed by atoms with Crippen molar-refractivity contribution in [2.75, 3.05) is 20.1 Å². The summed E-state index contributed by atoms with van der Waals surface area (Å²) in [5, 5.41) is 3.68. The van der Waals surface area contributed by atoms with E-state index in [1.165, 1.54) is 44.2 Å². The fraction of sp³-hybridized carbons (Fsp3) is 0.647. The average molecular weight is 260 g/mol. The molecule has 2 nitrogen and oxygen atoms in total. The van der Waals surface area contributed by atoms with Crippen LogP contribution < -0.4 is 5.32 Å². The summed E-state index contributed by atoms with van der Waals surface area (Å²) < 4.78 is 0. The molecule has 1 aliphatic carbocycles. The summed E-state index contributed by atoms with van der Waals surface area (Å²) in [5.41, 5.74) is 1.44. The van der Waals surface area contributed by atoms with Crippen LogP contribution in [0.3, 0.4) is 0 Å². The molecule has 0 bridgehead atoms. The van der Waals surface area contributed by atoms with E-state index in [0.717, 1.165) is 12.6 Å². The molecule has 0 saturated heterocycles. The van der Waals surface area contributed by atoms with Crippen LogP contribution in [0.15, 0.2) is 30.3 Å². The van der Waals surface area contributed by atoms with Crippen molar-refractivity contribution in [3.8, 4) is 0 Å². The van der Waals surface area contributed by atoms with E-state index >= 15 is 0 Å². The van der Waals surface area contributed by atoms with Crippen LogP contribution in [-0.4, -0.2) is 31.1 Å². The van der Waals surface area contributed by atoms with Crippen LogP contribution in [-0.2, 0) is 0 Å². The lowest BCUT2D eigenvalue weighted by Crippen LogP contribution is -2.34. The molecule has 0 radical (unpaired) electrons. The van der Waals surface area contributed by atoms with Crippen molar-refractivity contribution >= 4 is 0 Å². The van der Waals surface area contributed by atoms with Gasteiger partial charge in [0.2, 0.25) is 0 Å². The van der Waals surface area contributed by atoms with Gasteiger partial charge < -0.3 is 5.32 Å². The van der Waals surface area contributed by atoms with Gasteiger partial charge in [-0.2, -0.15) is 0 Å². The molecule has 0 amide bonds. The van der Waals surface area contributed by atoms with E-state index in [2.05, 4.69) is 54.5 Å². The molecule has 0 aromatic heterocycles. The van der Waals surface area contributed by atoms with Crippen molar-refractivity contribution < 1.29 is 0 Å². The molecule has 1 atom stereocenters. The van der Waals surface area contributed by atoms with Gasteiger partial charge in [0.1, 0.15) is 0 Å². The Morgan fingerprint density at radius 3 is 2.58 bits per heavy atom. The Hall–Kier alpha value is -0.860. The number of hydrogen-bond donors (Lipinski definition) is 1. The zero-order chi connectivity index (χ0) is 13.5. The number of likely N-dealkylation sites (N-methyl/N-ethyl adjacent to an activating group) is 1. The van der Waals surface area contributed by atoms with Crippen molar-refractivity contribution in [1.29, 1.82) is 0 Å². The Morgan fingerprint density at radius 1 is 1.21 bits per heavy atom. The summed E-state index contributed by atoms with van der Waals surface area (Å²) in [7, 11) is 2.27. The number of nitrogens with one attached hydrogen (secondary N) is 1. The van der Waals surface area contributed by atoms with E-state index < -0.39 is 0 Å². The largest absolute Gasteiger partial charge is 0.312 e. The third kappa shape index (κ3) is 4.96. The van der Waals surface area contributed by atoms with Crippen molar-refractivity contribution in [1.82, 2.24) is 10.2 Å². The lowest BCUT2D eigenvalue weighted by atomic mass is 10.0.